The van der Waals surface area contributed by atoms with Crippen LogP contribution in [0.1, 0.15) is 68.1 Å². The van der Waals surface area contributed by atoms with Gasteiger partial charge in [0.15, 0.2) is 5.69 Å². The molecule has 3 rings (SSSR count). The molecule has 0 unspecified atom stereocenters. The van der Waals surface area contributed by atoms with Gasteiger partial charge in [-0.3, -0.25) is 9.48 Å². The number of rotatable bonds is 8. The van der Waals surface area contributed by atoms with Gasteiger partial charge in [0.1, 0.15) is 9.84 Å². The van der Waals surface area contributed by atoms with E-state index in [-0.39, 0.29) is 33.9 Å². The van der Waals surface area contributed by atoms with Crippen molar-refractivity contribution < 1.29 is 26.4 Å². The third kappa shape index (κ3) is 6.52. The highest BCUT2D eigenvalue weighted by molar-refractivity contribution is 7.91. The Morgan fingerprint density at radius 2 is 1.87 bits per heavy atom. The minimum atomic E-state index is -4.40. The van der Waals surface area contributed by atoms with Crippen molar-refractivity contribution in [3.63, 3.8) is 0 Å². The Morgan fingerprint density at radius 3 is 2.39 bits per heavy atom. The van der Waals surface area contributed by atoms with Crippen molar-refractivity contribution in [2.24, 2.45) is 11.3 Å². The van der Waals surface area contributed by atoms with E-state index < -0.39 is 27.3 Å². The van der Waals surface area contributed by atoms with Crippen molar-refractivity contribution in [3.8, 4) is 17.3 Å². The topological polar surface area (TPSA) is 105 Å². The van der Waals surface area contributed by atoms with Crippen LogP contribution < -0.4 is 5.32 Å². The van der Waals surface area contributed by atoms with Crippen LogP contribution in [-0.2, 0) is 22.8 Å². The summed E-state index contributed by atoms with van der Waals surface area (Å²) >= 11 is 6.59. The molecule has 0 aliphatic heterocycles. The summed E-state index contributed by atoms with van der Waals surface area (Å²) in [6, 6.07) is 6.52. The number of nitrogens with zero attached hydrogens (tertiary/aromatic N) is 3. The van der Waals surface area contributed by atoms with E-state index in [1.165, 1.54) is 29.1 Å². The van der Waals surface area contributed by atoms with Crippen LogP contribution in [0.3, 0.4) is 0 Å². The highest BCUT2D eigenvalue weighted by Gasteiger charge is 2.47. The first-order valence-corrected chi connectivity index (χ1v) is 14.8. The van der Waals surface area contributed by atoms with Gasteiger partial charge in [-0.15, -0.1) is 0 Å². The highest BCUT2D eigenvalue weighted by Crippen LogP contribution is 2.41. The molecule has 7 nitrogen and oxygen atoms in total. The minimum absolute atomic E-state index is 0.0143. The second kappa shape index (κ2) is 11.3. The summed E-state index contributed by atoms with van der Waals surface area (Å²) in [7, 11) is -3.08. The van der Waals surface area contributed by atoms with Crippen LogP contribution in [0.4, 0.5) is 13.2 Å². The molecule has 0 bridgehead atoms. The maximum atomic E-state index is 13.4. The van der Waals surface area contributed by atoms with Gasteiger partial charge in [0.2, 0.25) is 0 Å². The first-order valence-electron chi connectivity index (χ1n) is 12.4. The highest BCUT2D eigenvalue weighted by atomic mass is 35.5. The van der Waals surface area contributed by atoms with Gasteiger partial charge in [-0.1, -0.05) is 37.6 Å². The molecule has 1 heterocycles. The fourth-order valence-electron chi connectivity index (χ4n) is 4.77. The number of carbonyl (C=O) groups is 1. The van der Waals surface area contributed by atoms with Gasteiger partial charge in [0, 0.05) is 24.9 Å². The zero-order valence-corrected chi connectivity index (χ0v) is 23.4. The molecular formula is C26H32ClF3N4O3S. The molecule has 1 fully saturated rings. The third-order valence-corrected chi connectivity index (χ3v) is 9.27. The zero-order chi connectivity index (χ0) is 28.5. The SMILES string of the molecule is CCn1nc(C(=O)NCC2CCC(S(C)(=O)=O)CC2)c(Cl)c1-c1ccc(CC(C)(C)C(F)(F)F)cc1C#N. The quantitative estimate of drug-likeness (QED) is 0.446. The number of nitriles is 1. The summed E-state index contributed by atoms with van der Waals surface area (Å²) in [5.41, 5.74) is -0.787. The Kier molecular flexibility index (Phi) is 8.88. The fraction of sp³-hybridized carbons (Fsp3) is 0.577. The summed E-state index contributed by atoms with van der Waals surface area (Å²) in [5.74, 6) is -0.349. The Hall–Kier alpha value is -2.58. The molecule has 1 amide bonds. The largest absolute Gasteiger partial charge is 0.394 e. The van der Waals surface area contributed by atoms with Gasteiger partial charge in [-0.2, -0.15) is 23.5 Å². The predicted molar refractivity (Wildman–Crippen MR) is 140 cm³/mol. The van der Waals surface area contributed by atoms with Crippen LogP contribution in [0.15, 0.2) is 18.2 Å². The number of halogens is 4. The molecule has 0 atom stereocenters. The molecule has 1 aromatic heterocycles. The molecule has 1 N–H and O–H groups in total. The molecule has 0 radical (unpaired) electrons. The summed E-state index contributed by atoms with van der Waals surface area (Å²) < 4.78 is 65.1. The van der Waals surface area contributed by atoms with Gasteiger partial charge in [-0.05, 0) is 56.6 Å². The van der Waals surface area contributed by atoms with Crippen LogP contribution in [0.25, 0.3) is 11.3 Å². The van der Waals surface area contributed by atoms with Gasteiger partial charge in [0.05, 0.1) is 33.0 Å². The number of alkyl halides is 3. The second-order valence-corrected chi connectivity index (χ2v) is 13.3. The molecule has 0 spiro atoms. The molecule has 38 heavy (non-hydrogen) atoms. The number of benzene rings is 1. The van der Waals surface area contributed by atoms with Gasteiger partial charge in [0.25, 0.3) is 5.91 Å². The van der Waals surface area contributed by atoms with E-state index in [0.717, 1.165) is 13.8 Å². The molecule has 12 heteroatoms. The Balaban J connectivity index is 1.81. The van der Waals surface area contributed by atoms with Gasteiger partial charge >= 0.3 is 6.18 Å². The maximum absolute atomic E-state index is 13.4. The van der Waals surface area contributed by atoms with Crippen molar-refractivity contribution in [2.45, 2.75) is 70.8 Å². The van der Waals surface area contributed by atoms with Crippen LogP contribution in [0.2, 0.25) is 5.02 Å². The lowest BCUT2D eigenvalue weighted by atomic mass is 9.84. The van der Waals surface area contributed by atoms with E-state index in [2.05, 4.69) is 10.4 Å². The van der Waals surface area contributed by atoms with E-state index in [0.29, 0.717) is 55.6 Å². The van der Waals surface area contributed by atoms with Crippen molar-refractivity contribution in [1.29, 1.82) is 5.26 Å². The summed E-state index contributed by atoms with van der Waals surface area (Å²) in [6.07, 6.45) is -0.974. The van der Waals surface area contributed by atoms with Crippen molar-refractivity contribution in [2.75, 3.05) is 12.8 Å². The predicted octanol–water partition coefficient (Wildman–Crippen LogP) is 5.56. The van der Waals surface area contributed by atoms with E-state index in [4.69, 9.17) is 11.6 Å². The smallest absolute Gasteiger partial charge is 0.350 e. The van der Waals surface area contributed by atoms with Crippen molar-refractivity contribution in [3.05, 3.63) is 40.0 Å². The molecule has 1 aliphatic rings. The lowest BCUT2D eigenvalue weighted by molar-refractivity contribution is -0.211. The molecule has 1 saturated carbocycles. The average molecular weight is 573 g/mol. The number of aryl methyl sites for hydroxylation is 1. The fourth-order valence-corrected chi connectivity index (χ4v) is 6.22. The zero-order valence-electron chi connectivity index (χ0n) is 21.8. The van der Waals surface area contributed by atoms with Crippen LogP contribution in [0.5, 0.6) is 0 Å². The van der Waals surface area contributed by atoms with E-state index in [9.17, 15) is 31.6 Å². The first-order chi connectivity index (χ1) is 17.6. The molecule has 1 aliphatic carbocycles. The Morgan fingerprint density at radius 1 is 1.24 bits per heavy atom. The van der Waals surface area contributed by atoms with E-state index in [1.807, 2.05) is 6.07 Å². The molecule has 0 saturated heterocycles. The lowest BCUT2D eigenvalue weighted by Crippen LogP contribution is -2.34. The van der Waals surface area contributed by atoms with E-state index >= 15 is 0 Å². The first kappa shape index (κ1) is 30.0. The lowest BCUT2D eigenvalue weighted by Gasteiger charge is -2.27. The standard InChI is InChI=1S/C26H32ClF3N4O3S/c1-5-34-23(20-11-8-17(12-18(20)14-31)13-25(2,3)26(28,29)30)21(27)22(33-34)24(35)32-15-16-6-9-19(10-7-16)38(4,36)37/h8,11-12,16,19H,5-7,9-10,13,15H2,1-4H3,(H,32,35). The van der Waals surface area contributed by atoms with E-state index in [1.54, 1.807) is 6.92 Å². The Labute approximate surface area is 226 Å². The number of sulfone groups is 1. The number of nitrogens with one attached hydrogen (secondary N) is 1. The van der Waals surface area contributed by atoms with Gasteiger partial charge < -0.3 is 5.32 Å². The minimum Gasteiger partial charge on any atom is -0.350 e. The number of amides is 1. The average Bonchev–Trinajstić information content (AvgIpc) is 3.17. The number of hydrogen-bond donors (Lipinski definition) is 1. The summed E-state index contributed by atoms with van der Waals surface area (Å²) in [4.78, 5) is 13.0. The molecule has 1 aromatic carbocycles. The maximum Gasteiger partial charge on any atom is 0.394 e. The Bertz CT molecular complexity index is 1340. The number of hydrogen-bond acceptors (Lipinski definition) is 5. The monoisotopic (exact) mass is 572 g/mol. The van der Waals surface area contributed by atoms with Crippen LogP contribution in [-0.4, -0.2) is 48.3 Å². The second-order valence-electron chi connectivity index (χ2n) is 10.6. The van der Waals surface area contributed by atoms with Crippen LogP contribution >= 0.6 is 11.6 Å². The summed E-state index contributed by atoms with van der Waals surface area (Å²) in [6.45, 7) is 4.70. The van der Waals surface area contributed by atoms with Crippen molar-refractivity contribution >= 4 is 27.3 Å². The normalized spacial score (nSPS) is 18.7. The van der Waals surface area contributed by atoms with Crippen molar-refractivity contribution in [1.82, 2.24) is 15.1 Å². The molecule has 2 aromatic rings. The number of aromatic nitrogens is 2. The number of carbonyl (C=O) groups excluding carboxylic acids is 1. The molecular weight excluding hydrogens is 541 g/mol. The molecule has 208 valence electrons. The third-order valence-electron chi connectivity index (χ3n) is 7.23. The summed E-state index contributed by atoms with van der Waals surface area (Å²) in [5, 5.41) is 16.6. The van der Waals surface area contributed by atoms with Crippen LogP contribution in [0, 0.1) is 22.7 Å². The van der Waals surface area contributed by atoms with Gasteiger partial charge in [-0.25, -0.2) is 8.42 Å².